The number of ether oxygens (including phenoxy) is 2. The molecule has 0 amide bonds. The van der Waals surface area contributed by atoms with Gasteiger partial charge in [0.05, 0.1) is 11.5 Å². The van der Waals surface area contributed by atoms with Crippen molar-refractivity contribution in [2.45, 2.75) is 12.7 Å². The zero-order chi connectivity index (χ0) is 15.2. The third-order valence-corrected chi connectivity index (χ3v) is 2.21. The van der Waals surface area contributed by atoms with E-state index in [2.05, 4.69) is 4.74 Å². The van der Waals surface area contributed by atoms with Crippen molar-refractivity contribution < 1.29 is 27.6 Å². The lowest BCUT2D eigenvalue weighted by Gasteiger charge is -2.09. The van der Waals surface area contributed by atoms with Crippen LogP contribution in [0.2, 0.25) is 0 Å². The van der Waals surface area contributed by atoms with Crippen LogP contribution < -0.4 is 10.5 Å². The van der Waals surface area contributed by atoms with E-state index in [1.165, 1.54) is 12.1 Å². The van der Waals surface area contributed by atoms with Crippen molar-refractivity contribution in [2.75, 3.05) is 19.8 Å². The molecule has 2 N–H and O–H groups in total. The molecule has 0 aliphatic heterocycles. The molecule has 0 unspecified atom stereocenters. The smallest absolute Gasteiger partial charge is 0.411 e. The van der Waals surface area contributed by atoms with E-state index in [9.17, 15) is 23.3 Å². The molecule has 0 aliphatic carbocycles. The number of rotatable bonds is 7. The van der Waals surface area contributed by atoms with Crippen LogP contribution in [0, 0.1) is 10.1 Å². The maximum atomic E-state index is 11.8. The summed E-state index contributed by atoms with van der Waals surface area (Å²) < 4.78 is 44.7. The average Bonchev–Trinajstić information content (AvgIpc) is 2.37. The predicted molar refractivity (Wildman–Crippen MR) is 63.4 cm³/mol. The SMILES string of the molecule is NCc1ccc(OCCOCC(F)(F)F)c([N+](=O)[O-])c1. The van der Waals surface area contributed by atoms with Gasteiger partial charge in [-0.1, -0.05) is 6.07 Å². The molecule has 0 fully saturated rings. The highest BCUT2D eigenvalue weighted by Crippen LogP contribution is 2.27. The van der Waals surface area contributed by atoms with E-state index in [0.29, 0.717) is 5.56 Å². The van der Waals surface area contributed by atoms with Gasteiger partial charge in [-0.05, 0) is 11.6 Å². The van der Waals surface area contributed by atoms with Gasteiger partial charge >= 0.3 is 11.9 Å². The van der Waals surface area contributed by atoms with E-state index in [-0.39, 0.29) is 31.2 Å². The standard InChI is InChI=1S/C11H13F3N2O4/c12-11(13,14)7-19-3-4-20-10-2-1-8(6-15)5-9(10)16(17)18/h1-2,5H,3-4,6-7,15H2. The molecule has 1 rings (SSSR count). The van der Waals surface area contributed by atoms with Crippen LogP contribution in [-0.4, -0.2) is 30.9 Å². The zero-order valence-corrected chi connectivity index (χ0v) is 10.4. The van der Waals surface area contributed by atoms with Crippen molar-refractivity contribution >= 4 is 5.69 Å². The Morgan fingerprint density at radius 2 is 2.00 bits per heavy atom. The molecule has 0 spiro atoms. The first-order valence-corrected chi connectivity index (χ1v) is 5.58. The summed E-state index contributed by atoms with van der Waals surface area (Å²) in [5.74, 6) is -0.0391. The number of nitrogens with two attached hydrogens (primary N) is 1. The second kappa shape index (κ2) is 7.06. The fourth-order valence-corrected chi connectivity index (χ4v) is 1.35. The van der Waals surface area contributed by atoms with Crippen LogP contribution in [0.5, 0.6) is 5.75 Å². The Hall–Kier alpha value is -1.87. The van der Waals surface area contributed by atoms with Crippen molar-refractivity contribution in [2.24, 2.45) is 5.73 Å². The summed E-state index contributed by atoms with van der Waals surface area (Å²) in [5.41, 5.74) is 5.62. The van der Waals surface area contributed by atoms with Crippen LogP contribution in [-0.2, 0) is 11.3 Å². The summed E-state index contributed by atoms with van der Waals surface area (Å²) >= 11 is 0. The summed E-state index contributed by atoms with van der Waals surface area (Å²) in [7, 11) is 0. The van der Waals surface area contributed by atoms with Crippen LogP contribution in [0.3, 0.4) is 0 Å². The zero-order valence-electron chi connectivity index (χ0n) is 10.4. The number of hydrogen-bond donors (Lipinski definition) is 1. The molecule has 112 valence electrons. The quantitative estimate of drug-likeness (QED) is 0.472. The normalized spacial score (nSPS) is 11.4. The Balaban J connectivity index is 2.53. The van der Waals surface area contributed by atoms with Gasteiger partial charge in [-0.15, -0.1) is 0 Å². The van der Waals surface area contributed by atoms with Gasteiger partial charge in [0.25, 0.3) is 0 Å². The Labute approximate surface area is 112 Å². The second-order valence-electron chi connectivity index (χ2n) is 3.78. The summed E-state index contributed by atoms with van der Waals surface area (Å²) in [4.78, 5) is 10.2. The number of nitro groups is 1. The van der Waals surface area contributed by atoms with Crippen LogP contribution in [0.1, 0.15) is 5.56 Å². The molecular formula is C11H13F3N2O4. The molecule has 0 saturated heterocycles. The Bertz CT molecular complexity index is 465. The van der Waals surface area contributed by atoms with Gasteiger partial charge in [0, 0.05) is 12.6 Å². The van der Waals surface area contributed by atoms with E-state index < -0.39 is 17.7 Å². The third kappa shape index (κ3) is 5.41. The molecule has 0 saturated carbocycles. The first kappa shape index (κ1) is 16.2. The fraction of sp³-hybridized carbons (Fsp3) is 0.455. The molecule has 1 aromatic rings. The monoisotopic (exact) mass is 294 g/mol. The molecule has 0 radical (unpaired) electrons. The Morgan fingerprint density at radius 1 is 1.30 bits per heavy atom. The van der Waals surface area contributed by atoms with Gasteiger partial charge in [-0.25, -0.2) is 0 Å². The van der Waals surface area contributed by atoms with Gasteiger partial charge in [-0.3, -0.25) is 10.1 Å². The molecule has 0 aliphatic rings. The van der Waals surface area contributed by atoms with Crippen LogP contribution >= 0.6 is 0 Å². The van der Waals surface area contributed by atoms with Crippen LogP contribution in [0.25, 0.3) is 0 Å². The number of nitro benzene ring substituents is 1. The number of nitrogens with zero attached hydrogens (tertiary/aromatic N) is 1. The lowest BCUT2D eigenvalue weighted by atomic mass is 10.2. The molecular weight excluding hydrogens is 281 g/mol. The van der Waals surface area contributed by atoms with Gasteiger partial charge in [-0.2, -0.15) is 13.2 Å². The second-order valence-corrected chi connectivity index (χ2v) is 3.78. The number of halogens is 3. The summed E-state index contributed by atoms with van der Waals surface area (Å²) in [6.45, 7) is -1.80. The molecule has 6 nitrogen and oxygen atoms in total. The molecule has 1 aromatic carbocycles. The van der Waals surface area contributed by atoms with E-state index in [0.717, 1.165) is 0 Å². The largest absolute Gasteiger partial charge is 0.484 e. The van der Waals surface area contributed by atoms with E-state index in [1.807, 2.05) is 0 Å². The van der Waals surface area contributed by atoms with Crippen LogP contribution in [0.4, 0.5) is 18.9 Å². The number of alkyl halides is 3. The minimum absolute atomic E-state index is 0.0391. The third-order valence-electron chi connectivity index (χ3n) is 2.21. The Morgan fingerprint density at radius 3 is 2.55 bits per heavy atom. The highest BCUT2D eigenvalue weighted by atomic mass is 19.4. The maximum Gasteiger partial charge on any atom is 0.411 e. The van der Waals surface area contributed by atoms with Gasteiger partial charge in [0.1, 0.15) is 13.2 Å². The molecule has 0 aromatic heterocycles. The Kier molecular flexibility index (Phi) is 5.71. The lowest BCUT2D eigenvalue weighted by Crippen LogP contribution is -2.19. The summed E-state index contributed by atoms with van der Waals surface area (Å²) in [6.07, 6.45) is -4.41. The first-order valence-electron chi connectivity index (χ1n) is 5.58. The molecule has 0 bridgehead atoms. The molecule has 20 heavy (non-hydrogen) atoms. The van der Waals surface area contributed by atoms with Crippen molar-refractivity contribution in [3.63, 3.8) is 0 Å². The van der Waals surface area contributed by atoms with Crippen molar-refractivity contribution in [1.82, 2.24) is 0 Å². The lowest BCUT2D eigenvalue weighted by molar-refractivity contribution is -0.386. The minimum Gasteiger partial charge on any atom is -0.484 e. The highest BCUT2D eigenvalue weighted by molar-refractivity contribution is 5.48. The van der Waals surface area contributed by atoms with Crippen molar-refractivity contribution in [1.29, 1.82) is 0 Å². The van der Waals surface area contributed by atoms with Crippen molar-refractivity contribution in [3.05, 3.63) is 33.9 Å². The first-order chi connectivity index (χ1) is 9.33. The van der Waals surface area contributed by atoms with E-state index in [4.69, 9.17) is 10.5 Å². The predicted octanol–water partition coefficient (Wildman–Crippen LogP) is 2.01. The van der Waals surface area contributed by atoms with Crippen molar-refractivity contribution in [3.8, 4) is 5.75 Å². The van der Waals surface area contributed by atoms with E-state index in [1.54, 1.807) is 6.07 Å². The topological polar surface area (TPSA) is 87.6 Å². The van der Waals surface area contributed by atoms with Gasteiger partial charge < -0.3 is 15.2 Å². The number of hydrogen-bond acceptors (Lipinski definition) is 5. The van der Waals surface area contributed by atoms with E-state index >= 15 is 0 Å². The number of benzene rings is 1. The van der Waals surface area contributed by atoms with Gasteiger partial charge in [0.2, 0.25) is 0 Å². The molecule has 0 atom stereocenters. The fourth-order valence-electron chi connectivity index (χ4n) is 1.35. The van der Waals surface area contributed by atoms with Gasteiger partial charge in [0.15, 0.2) is 5.75 Å². The van der Waals surface area contributed by atoms with Crippen LogP contribution in [0.15, 0.2) is 18.2 Å². The molecule has 0 heterocycles. The maximum absolute atomic E-state index is 11.8. The average molecular weight is 294 g/mol. The highest BCUT2D eigenvalue weighted by Gasteiger charge is 2.27. The summed E-state index contributed by atoms with van der Waals surface area (Å²) in [6, 6.07) is 4.15. The summed E-state index contributed by atoms with van der Waals surface area (Å²) in [5, 5.41) is 10.8. The molecule has 9 heteroatoms. The minimum atomic E-state index is -4.41.